The molecule has 2 saturated heterocycles. The zero-order chi connectivity index (χ0) is 26.7. The van der Waals surface area contributed by atoms with Gasteiger partial charge in [0.05, 0.1) is 21.2 Å². The highest BCUT2D eigenvalue weighted by molar-refractivity contribution is 8.26. The van der Waals surface area contributed by atoms with E-state index < -0.39 is 10.0 Å². The number of thioether (sulfide) groups is 1. The number of hydrogen-bond acceptors (Lipinski definition) is 6. The van der Waals surface area contributed by atoms with Crippen LogP contribution in [0.15, 0.2) is 70.6 Å². The third-order valence-electron chi connectivity index (χ3n) is 6.74. The number of thiocarbonyl (C=S) groups is 1. The van der Waals surface area contributed by atoms with Gasteiger partial charge in [-0.3, -0.25) is 9.69 Å². The van der Waals surface area contributed by atoms with Gasteiger partial charge in [-0.05, 0) is 49.6 Å². The first-order valence-electron chi connectivity index (χ1n) is 12.9. The van der Waals surface area contributed by atoms with E-state index in [4.69, 9.17) is 17.3 Å². The number of aromatic nitrogens is 2. The number of carbonyl (C=O) groups excluding carboxylic acids is 1. The second-order valence-corrected chi connectivity index (χ2v) is 13.0. The number of nitrogens with zero attached hydrogens (tertiary/aromatic N) is 4. The summed E-state index contributed by atoms with van der Waals surface area (Å²) < 4.78 is 30.2. The van der Waals surface area contributed by atoms with Crippen molar-refractivity contribution in [2.24, 2.45) is 0 Å². The minimum absolute atomic E-state index is 0.0881. The van der Waals surface area contributed by atoms with Crippen LogP contribution in [0.4, 0.5) is 0 Å². The average Bonchev–Trinajstić information content (AvgIpc) is 3.48. The Morgan fingerprint density at radius 3 is 2.42 bits per heavy atom. The van der Waals surface area contributed by atoms with E-state index in [-0.39, 0.29) is 10.8 Å². The minimum Gasteiger partial charge on any atom is -0.293 e. The largest absolute Gasteiger partial charge is 0.293 e. The smallest absolute Gasteiger partial charge is 0.266 e. The molecular formula is C28H30N4O3S3. The molecule has 1 amide bonds. The SMILES string of the molecule is CCCCN1C(=O)/C(=C\c2cn(-c3ccccc3)nc2-c2ccc(S(=O)(=O)N3CCCCC3)cc2)SC1=S. The highest BCUT2D eigenvalue weighted by Gasteiger charge is 2.32. The molecule has 3 heterocycles. The lowest BCUT2D eigenvalue weighted by Crippen LogP contribution is -2.35. The molecule has 0 saturated carbocycles. The van der Waals surface area contributed by atoms with Gasteiger partial charge in [0.15, 0.2) is 0 Å². The number of benzene rings is 2. The van der Waals surface area contributed by atoms with Crippen molar-refractivity contribution in [1.82, 2.24) is 19.0 Å². The fraction of sp³-hybridized carbons (Fsp3) is 0.321. The van der Waals surface area contributed by atoms with Gasteiger partial charge in [0.1, 0.15) is 4.32 Å². The van der Waals surface area contributed by atoms with Crippen LogP contribution in [-0.4, -0.2) is 57.3 Å². The maximum Gasteiger partial charge on any atom is 0.266 e. The average molecular weight is 567 g/mol. The van der Waals surface area contributed by atoms with Gasteiger partial charge >= 0.3 is 0 Å². The summed E-state index contributed by atoms with van der Waals surface area (Å²) in [4.78, 5) is 15.6. The van der Waals surface area contributed by atoms with E-state index in [2.05, 4.69) is 6.92 Å². The molecule has 38 heavy (non-hydrogen) atoms. The van der Waals surface area contributed by atoms with Crippen molar-refractivity contribution in [3.63, 3.8) is 0 Å². The lowest BCUT2D eigenvalue weighted by atomic mass is 10.1. The molecule has 0 spiro atoms. The highest BCUT2D eigenvalue weighted by Crippen LogP contribution is 2.35. The van der Waals surface area contributed by atoms with E-state index >= 15 is 0 Å². The van der Waals surface area contributed by atoms with Gasteiger partial charge in [0.25, 0.3) is 5.91 Å². The molecule has 2 aliphatic heterocycles. The van der Waals surface area contributed by atoms with Crippen LogP contribution >= 0.6 is 24.0 Å². The van der Waals surface area contributed by atoms with Crippen LogP contribution in [0.3, 0.4) is 0 Å². The molecule has 5 rings (SSSR count). The van der Waals surface area contributed by atoms with Gasteiger partial charge < -0.3 is 0 Å². The normalized spacial score (nSPS) is 18.0. The Labute approximate surface area is 233 Å². The van der Waals surface area contributed by atoms with E-state index in [1.54, 1.807) is 38.2 Å². The molecule has 2 aromatic carbocycles. The van der Waals surface area contributed by atoms with E-state index in [1.165, 1.54) is 11.8 Å². The van der Waals surface area contributed by atoms with Gasteiger partial charge in [0.2, 0.25) is 10.0 Å². The lowest BCUT2D eigenvalue weighted by molar-refractivity contribution is -0.122. The molecule has 10 heteroatoms. The van der Waals surface area contributed by atoms with Crippen LogP contribution in [-0.2, 0) is 14.8 Å². The van der Waals surface area contributed by atoms with Crippen LogP contribution in [0.1, 0.15) is 44.6 Å². The van der Waals surface area contributed by atoms with Crippen LogP contribution < -0.4 is 0 Å². The molecule has 3 aromatic rings. The molecule has 0 N–H and O–H groups in total. The summed E-state index contributed by atoms with van der Waals surface area (Å²) in [6, 6.07) is 16.6. The Morgan fingerprint density at radius 2 is 1.74 bits per heavy atom. The van der Waals surface area contributed by atoms with Crippen molar-refractivity contribution in [2.75, 3.05) is 19.6 Å². The van der Waals surface area contributed by atoms with Crippen molar-refractivity contribution in [3.05, 3.63) is 71.3 Å². The van der Waals surface area contributed by atoms with E-state index in [1.807, 2.05) is 42.6 Å². The molecular weight excluding hydrogens is 537 g/mol. The molecule has 2 aliphatic rings. The maximum absolute atomic E-state index is 13.1. The molecule has 0 atom stereocenters. The second-order valence-electron chi connectivity index (χ2n) is 9.39. The summed E-state index contributed by atoms with van der Waals surface area (Å²) in [7, 11) is -3.53. The van der Waals surface area contributed by atoms with Crippen molar-refractivity contribution >= 4 is 50.3 Å². The van der Waals surface area contributed by atoms with Crippen molar-refractivity contribution in [2.45, 2.75) is 43.9 Å². The van der Waals surface area contributed by atoms with Gasteiger partial charge in [-0.15, -0.1) is 0 Å². The van der Waals surface area contributed by atoms with E-state index in [9.17, 15) is 13.2 Å². The predicted octanol–water partition coefficient (Wildman–Crippen LogP) is 5.72. The third-order valence-corrected chi connectivity index (χ3v) is 10.0. The maximum atomic E-state index is 13.1. The summed E-state index contributed by atoms with van der Waals surface area (Å²) in [5.74, 6) is -0.0881. The number of para-hydroxylation sites is 1. The Kier molecular flexibility index (Phi) is 8.13. The summed E-state index contributed by atoms with van der Waals surface area (Å²) in [6.07, 6.45) is 8.45. The van der Waals surface area contributed by atoms with Crippen molar-refractivity contribution in [3.8, 4) is 16.9 Å². The number of carbonyl (C=O) groups is 1. The lowest BCUT2D eigenvalue weighted by Gasteiger charge is -2.25. The summed E-state index contributed by atoms with van der Waals surface area (Å²) >= 11 is 6.79. The molecule has 198 valence electrons. The standard InChI is InChI=1S/C28H30N4O3S3/c1-2-3-18-31-27(33)25(37-28(31)36)19-22-20-32(23-10-6-4-7-11-23)29-26(22)21-12-14-24(15-13-21)38(34,35)30-16-8-5-9-17-30/h4,6-7,10-15,19-20H,2-3,5,8-9,16-18H2,1H3/b25-19+. The Morgan fingerprint density at radius 1 is 1.03 bits per heavy atom. The predicted molar refractivity (Wildman–Crippen MR) is 156 cm³/mol. The summed E-state index contributed by atoms with van der Waals surface area (Å²) in [6.45, 7) is 3.82. The number of rotatable bonds is 8. The molecule has 7 nitrogen and oxygen atoms in total. The first-order chi connectivity index (χ1) is 18.4. The zero-order valence-electron chi connectivity index (χ0n) is 21.2. The Balaban J connectivity index is 1.51. The molecule has 1 aromatic heterocycles. The fourth-order valence-corrected chi connectivity index (χ4v) is 7.44. The summed E-state index contributed by atoms with van der Waals surface area (Å²) in [5.41, 5.74) is 3.07. The quantitative estimate of drug-likeness (QED) is 0.257. The van der Waals surface area contributed by atoms with Crippen LogP contribution in [0, 0.1) is 0 Å². The molecule has 0 unspecified atom stereocenters. The second kappa shape index (κ2) is 11.5. The molecule has 2 fully saturated rings. The van der Waals surface area contributed by atoms with Crippen molar-refractivity contribution < 1.29 is 13.2 Å². The van der Waals surface area contributed by atoms with Gasteiger partial charge in [0, 0.05) is 37.0 Å². The molecule has 0 radical (unpaired) electrons. The molecule has 0 aliphatic carbocycles. The number of unbranched alkanes of at least 4 members (excludes halogenated alkanes) is 1. The minimum atomic E-state index is -3.53. The van der Waals surface area contributed by atoms with Crippen LogP contribution in [0.2, 0.25) is 0 Å². The summed E-state index contributed by atoms with van der Waals surface area (Å²) in [5, 5.41) is 4.83. The first kappa shape index (κ1) is 26.8. The zero-order valence-corrected chi connectivity index (χ0v) is 23.7. The Hall–Kier alpha value is -2.79. The van der Waals surface area contributed by atoms with Gasteiger partial charge in [-0.25, -0.2) is 13.1 Å². The third kappa shape index (κ3) is 5.49. The number of piperidine rings is 1. The van der Waals surface area contributed by atoms with E-state index in [0.29, 0.717) is 34.6 Å². The first-order valence-corrected chi connectivity index (χ1v) is 15.6. The number of hydrogen-bond donors (Lipinski definition) is 0. The molecule has 0 bridgehead atoms. The number of sulfonamides is 1. The van der Waals surface area contributed by atoms with Gasteiger partial charge in [-0.2, -0.15) is 9.40 Å². The topological polar surface area (TPSA) is 75.5 Å². The van der Waals surface area contributed by atoms with Crippen LogP contribution in [0.25, 0.3) is 23.0 Å². The van der Waals surface area contributed by atoms with Crippen LogP contribution in [0.5, 0.6) is 0 Å². The monoisotopic (exact) mass is 566 g/mol. The Bertz CT molecular complexity index is 1460. The highest BCUT2D eigenvalue weighted by atomic mass is 32.2. The number of amides is 1. The van der Waals surface area contributed by atoms with E-state index in [0.717, 1.165) is 48.9 Å². The van der Waals surface area contributed by atoms with Gasteiger partial charge in [-0.1, -0.05) is 74.1 Å². The van der Waals surface area contributed by atoms with Crippen molar-refractivity contribution in [1.29, 1.82) is 0 Å². The fourth-order valence-electron chi connectivity index (χ4n) is 4.62.